The van der Waals surface area contributed by atoms with Crippen LogP contribution in [0.15, 0.2) is 18.2 Å². The van der Waals surface area contributed by atoms with Crippen LogP contribution >= 0.6 is 0 Å². The predicted molar refractivity (Wildman–Crippen MR) is 70.9 cm³/mol. The SMILES string of the molecule is CCCCCCCc1ccc2c(c1)CCC2. The first-order valence-electron chi connectivity index (χ1n) is 7.01. The van der Waals surface area contributed by atoms with Crippen LogP contribution in [0.2, 0.25) is 0 Å². The third kappa shape index (κ3) is 3.10. The molecule has 0 N–H and O–H groups in total. The quantitative estimate of drug-likeness (QED) is 0.605. The van der Waals surface area contributed by atoms with Crippen molar-refractivity contribution >= 4 is 0 Å². The summed E-state index contributed by atoms with van der Waals surface area (Å²) in [6.07, 6.45) is 12.2. The van der Waals surface area contributed by atoms with Gasteiger partial charge in [-0.1, -0.05) is 50.8 Å². The molecule has 0 saturated carbocycles. The number of fused-ring (bicyclic) bond motifs is 1. The van der Waals surface area contributed by atoms with E-state index < -0.39 is 0 Å². The molecule has 0 spiro atoms. The summed E-state index contributed by atoms with van der Waals surface area (Å²) < 4.78 is 0. The van der Waals surface area contributed by atoms with Crippen molar-refractivity contribution < 1.29 is 0 Å². The fourth-order valence-electron chi connectivity index (χ4n) is 2.71. The molecule has 0 amide bonds. The van der Waals surface area contributed by atoms with E-state index >= 15 is 0 Å². The molecule has 88 valence electrons. The summed E-state index contributed by atoms with van der Waals surface area (Å²) in [4.78, 5) is 0. The first-order chi connectivity index (χ1) is 7.90. The molecule has 0 unspecified atom stereocenters. The zero-order chi connectivity index (χ0) is 11.2. The lowest BCUT2D eigenvalue weighted by Crippen LogP contribution is -1.89. The van der Waals surface area contributed by atoms with Gasteiger partial charge in [0.2, 0.25) is 0 Å². The molecule has 0 nitrogen and oxygen atoms in total. The molecule has 1 aromatic rings. The van der Waals surface area contributed by atoms with E-state index in [1.165, 1.54) is 57.8 Å². The largest absolute Gasteiger partial charge is 0.0654 e. The molecule has 0 atom stereocenters. The lowest BCUT2D eigenvalue weighted by Gasteiger charge is -2.05. The van der Waals surface area contributed by atoms with Crippen LogP contribution in [0.25, 0.3) is 0 Å². The zero-order valence-electron chi connectivity index (χ0n) is 10.6. The van der Waals surface area contributed by atoms with Crippen molar-refractivity contribution in [3.05, 3.63) is 34.9 Å². The average Bonchev–Trinajstić information content (AvgIpc) is 2.76. The van der Waals surface area contributed by atoms with Crippen molar-refractivity contribution in [1.29, 1.82) is 0 Å². The minimum atomic E-state index is 1.29. The molecular formula is C16H24. The van der Waals surface area contributed by atoms with Gasteiger partial charge >= 0.3 is 0 Å². The Morgan fingerprint density at radius 3 is 2.62 bits per heavy atom. The first-order valence-corrected chi connectivity index (χ1v) is 7.01. The van der Waals surface area contributed by atoms with Crippen LogP contribution in [0.3, 0.4) is 0 Å². The van der Waals surface area contributed by atoms with Gasteiger partial charge in [0.05, 0.1) is 0 Å². The Morgan fingerprint density at radius 1 is 0.938 bits per heavy atom. The molecular weight excluding hydrogens is 192 g/mol. The molecule has 0 saturated heterocycles. The van der Waals surface area contributed by atoms with Gasteiger partial charge in [0.25, 0.3) is 0 Å². The van der Waals surface area contributed by atoms with Crippen LogP contribution in [0.1, 0.15) is 62.1 Å². The van der Waals surface area contributed by atoms with E-state index in [9.17, 15) is 0 Å². The van der Waals surface area contributed by atoms with Gasteiger partial charge in [0.1, 0.15) is 0 Å². The van der Waals surface area contributed by atoms with Crippen molar-refractivity contribution in [3.8, 4) is 0 Å². The molecule has 0 fully saturated rings. The zero-order valence-corrected chi connectivity index (χ0v) is 10.6. The van der Waals surface area contributed by atoms with Crippen molar-refractivity contribution in [1.82, 2.24) is 0 Å². The predicted octanol–water partition coefficient (Wildman–Crippen LogP) is 4.69. The summed E-state index contributed by atoms with van der Waals surface area (Å²) >= 11 is 0. The van der Waals surface area contributed by atoms with E-state index in [0.717, 1.165) is 0 Å². The normalized spacial score (nSPS) is 14.1. The Bertz CT molecular complexity index is 325. The van der Waals surface area contributed by atoms with Crippen LogP contribution in [-0.2, 0) is 19.3 Å². The summed E-state index contributed by atoms with van der Waals surface area (Å²) in [7, 11) is 0. The third-order valence-electron chi connectivity index (χ3n) is 3.73. The number of hydrogen-bond acceptors (Lipinski definition) is 0. The highest BCUT2D eigenvalue weighted by Crippen LogP contribution is 2.23. The Hall–Kier alpha value is -0.780. The van der Waals surface area contributed by atoms with Crippen LogP contribution in [0, 0.1) is 0 Å². The van der Waals surface area contributed by atoms with Crippen LogP contribution in [0.5, 0.6) is 0 Å². The van der Waals surface area contributed by atoms with Gasteiger partial charge in [0.15, 0.2) is 0 Å². The summed E-state index contributed by atoms with van der Waals surface area (Å²) in [5.41, 5.74) is 4.80. The molecule has 0 aliphatic heterocycles. The van der Waals surface area contributed by atoms with Gasteiger partial charge in [-0.3, -0.25) is 0 Å². The fraction of sp³-hybridized carbons (Fsp3) is 0.625. The summed E-state index contributed by atoms with van der Waals surface area (Å²) in [6, 6.07) is 7.18. The maximum atomic E-state index is 2.46. The topological polar surface area (TPSA) is 0 Å². The summed E-state index contributed by atoms with van der Waals surface area (Å²) in [5.74, 6) is 0. The Labute approximate surface area is 100 Å². The molecule has 1 aromatic carbocycles. The van der Waals surface area contributed by atoms with Gasteiger partial charge in [0, 0.05) is 0 Å². The van der Waals surface area contributed by atoms with Gasteiger partial charge in [-0.05, 0) is 48.8 Å². The molecule has 1 aliphatic carbocycles. The fourth-order valence-corrected chi connectivity index (χ4v) is 2.71. The van der Waals surface area contributed by atoms with Crippen molar-refractivity contribution in [3.63, 3.8) is 0 Å². The Balaban J connectivity index is 1.77. The highest BCUT2D eigenvalue weighted by atomic mass is 14.1. The van der Waals surface area contributed by atoms with Crippen molar-refractivity contribution in [2.24, 2.45) is 0 Å². The second-order valence-corrected chi connectivity index (χ2v) is 5.12. The monoisotopic (exact) mass is 216 g/mol. The van der Waals surface area contributed by atoms with Crippen LogP contribution in [-0.4, -0.2) is 0 Å². The van der Waals surface area contributed by atoms with E-state index in [-0.39, 0.29) is 0 Å². The van der Waals surface area contributed by atoms with Crippen molar-refractivity contribution in [2.75, 3.05) is 0 Å². The number of unbranched alkanes of at least 4 members (excludes halogenated alkanes) is 4. The lowest BCUT2D eigenvalue weighted by molar-refractivity contribution is 0.632. The smallest absolute Gasteiger partial charge is 0.0273 e. The van der Waals surface area contributed by atoms with E-state index in [4.69, 9.17) is 0 Å². The Morgan fingerprint density at radius 2 is 1.75 bits per heavy atom. The van der Waals surface area contributed by atoms with E-state index in [0.29, 0.717) is 0 Å². The maximum absolute atomic E-state index is 2.46. The van der Waals surface area contributed by atoms with E-state index in [2.05, 4.69) is 25.1 Å². The average molecular weight is 216 g/mol. The Kier molecular flexibility index (Phi) is 4.44. The second-order valence-electron chi connectivity index (χ2n) is 5.12. The van der Waals surface area contributed by atoms with E-state index in [1.54, 1.807) is 16.7 Å². The molecule has 0 bridgehead atoms. The minimum Gasteiger partial charge on any atom is -0.0654 e. The molecule has 0 heterocycles. The van der Waals surface area contributed by atoms with Gasteiger partial charge in [-0.15, -0.1) is 0 Å². The molecule has 1 aliphatic rings. The van der Waals surface area contributed by atoms with Crippen LogP contribution < -0.4 is 0 Å². The summed E-state index contributed by atoms with van der Waals surface area (Å²) in [5, 5.41) is 0. The van der Waals surface area contributed by atoms with Gasteiger partial charge in [-0.25, -0.2) is 0 Å². The molecule has 0 aromatic heterocycles. The number of benzene rings is 1. The maximum Gasteiger partial charge on any atom is -0.0273 e. The second kappa shape index (κ2) is 6.08. The lowest BCUT2D eigenvalue weighted by atomic mass is 10.0. The first kappa shape index (κ1) is 11.7. The highest BCUT2D eigenvalue weighted by molar-refractivity contribution is 5.35. The third-order valence-corrected chi connectivity index (χ3v) is 3.73. The molecule has 2 rings (SSSR count). The standard InChI is InChI=1S/C16H24/c1-2-3-4-5-6-8-14-11-12-15-9-7-10-16(15)13-14/h11-13H,2-10H2,1H3. The van der Waals surface area contributed by atoms with Crippen LogP contribution in [0.4, 0.5) is 0 Å². The molecule has 0 heteroatoms. The summed E-state index contributed by atoms with van der Waals surface area (Å²) in [6.45, 7) is 2.28. The highest BCUT2D eigenvalue weighted by Gasteiger charge is 2.10. The van der Waals surface area contributed by atoms with E-state index in [1.807, 2.05) is 0 Å². The van der Waals surface area contributed by atoms with Gasteiger partial charge < -0.3 is 0 Å². The number of rotatable bonds is 6. The number of aryl methyl sites for hydroxylation is 3. The van der Waals surface area contributed by atoms with Crippen molar-refractivity contribution in [2.45, 2.75) is 64.7 Å². The van der Waals surface area contributed by atoms with Gasteiger partial charge in [-0.2, -0.15) is 0 Å². The molecule has 0 radical (unpaired) electrons. The minimum absolute atomic E-state index is 1.29. The number of hydrogen-bond donors (Lipinski definition) is 0. The molecule has 16 heavy (non-hydrogen) atoms.